The molecule has 48 heavy (non-hydrogen) atoms. The Bertz CT molecular complexity index is 1870. The molecular formula is C36H40Cl2N4O5S. The molecule has 1 N–H and O–H groups in total. The first-order valence-electron chi connectivity index (χ1n) is 15.2. The van der Waals surface area contributed by atoms with Gasteiger partial charge in [-0.3, -0.25) is 4.79 Å². The minimum atomic E-state index is -0.919. The highest BCUT2D eigenvalue weighted by Gasteiger charge is 2.23. The number of aryl methyl sites for hydroxylation is 1. The zero-order valence-corrected chi connectivity index (χ0v) is 29.8. The number of fused-ring (bicyclic) bond motifs is 1. The Morgan fingerprint density at radius 1 is 0.917 bits per heavy atom. The molecular weight excluding hydrogens is 671 g/mol. The van der Waals surface area contributed by atoms with Crippen LogP contribution in [0, 0.1) is 0 Å². The summed E-state index contributed by atoms with van der Waals surface area (Å²) >= 11 is 1.30. The van der Waals surface area contributed by atoms with Gasteiger partial charge in [-0.25, -0.2) is 4.79 Å². The van der Waals surface area contributed by atoms with E-state index < -0.39 is 5.97 Å². The van der Waals surface area contributed by atoms with Crippen molar-refractivity contribution in [3.05, 3.63) is 89.3 Å². The second kappa shape index (κ2) is 15.9. The van der Waals surface area contributed by atoms with Gasteiger partial charge in [-0.1, -0.05) is 30.3 Å². The number of carbonyl (C=O) groups is 2. The predicted octanol–water partition coefficient (Wildman–Crippen LogP) is 7.06. The molecule has 1 aliphatic rings. The second-order valence-electron chi connectivity index (χ2n) is 11.7. The summed E-state index contributed by atoms with van der Waals surface area (Å²) in [6.07, 6.45) is 0. The number of carbonyl (C=O) groups excluding carboxylic acids is 1. The van der Waals surface area contributed by atoms with Crippen molar-refractivity contribution in [2.75, 3.05) is 63.8 Å². The average molecular weight is 712 g/mol. The minimum Gasteiger partial charge on any atom is -0.489 e. The summed E-state index contributed by atoms with van der Waals surface area (Å²) in [4.78, 5) is 30.8. The molecule has 1 amide bonds. The molecule has 1 fully saturated rings. The maximum absolute atomic E-state index is 12.8. The van der Waals surface area contributed by atoms with Gasteiger partial charge in [-0.05, 0) is 73.8 Å². The van der Waals surface area contributed by atoms with Crippen molar-refractivity contribution >= 4 is 69.6 Å². The molecule has 0 aliphatic carbocycles. The molecule has 0 bridgehead atoms. The predicted molar refractivity (Wildman–Crippen MR) is 199 cm³/mol. The number of carboxylic acids is 1. The van der Waals surface area contributed by atoms with Crippen LogP contribution in [0.1, 0.15) is 15.2 Å². The van der Waals surface area contributed by atoms with Crippen molar-refractivity contribution < 1.29 is 24.2 Å². The monoisotopic (exact) mass is 710 g/mol. The Balaban J connectivity index is 0.00000260. The van der Waals surface area contributed by atoms with Crippen molar-refractivity contribution in [3.63, 3.8) is 0 Å². The fourth-order valence-electron chi connectivity index (χ4n) is 5.92. The van der Waals surface area contributed by atoms with Crippen molar-refractivity contribution in [2.45, 2.75) is 6.61 Å². The number of carboxylic acid groups (broad SMARTS) is 1. The summed E-state index contributed by atoms with van der Waals surface area (Å²) in [6.45, 7) is 3.59. The first-order valence-corrected chi connectivity index (χ1v) is 16.0. The lowest BCUT2D eigenvalue weighted by Crippen LogP contribution is -2.37. The van der Waals surface area contributed by atoms with E-state index in [1.807, 2.05) is 80.6 Å². The third-order valence-electron chi connectivity index (χ3n) is 8.30. The van der Waals surface area contributed by atoms with Gasteiger partial charge in [0.2, 0.25) is 5.91 Å². The minimum absolute atomic E-state index is 0. The SMILES string of the molecule is CN(C)CC(=O)N(C)c1ccc(N2CCOCC2)c(COc2ccc(-c3c(-c4ccccc4)c4sc(C(=O)O)cc4n3C)cc2)c1.Cl.Cl. The molecule has 3 heterocycles. The molecule has 9 nitrogen and oxygen atoms in total. The number of thiophene rings is 1. The van der Waals surface area contributed by atoms with E-state index in [0.29, 0.717) is 31.2 Å². The summed E-state index contributed by atoms with van der Waals surface area (Å²) in [6, 6.07) is 26.0. The zero-order valence-electron chi connectivity index (χ0n) is 27.3. The van der Waals surface area contributed by atoms with E-state index >= 15 is 0 Å². The maximum Gasteiger partial charge on any atom is 0.345 e. The highest BCUT2D eigenvalue weighted by molar-refractivity contribution is 7.21. The van der Waals surface area contributed by atoms with Gasteiger partial charge in [-0.15, -0.1) is 36.2 Å². The number of hydrogen-bond acceptors (Lipinski definition) is 7. The Kier molecular flexibility index (Phi) is 12.2. The van der Waals surface area contributed by atoms with E-state index in [0.717, 1.165) is 68.4 Å². The van der Waals surface area contributed by atoms with E-state index in [4.69, 9.17) is 9.47 Å². The number of morpholine rings is 1. The van der Waals surface area contributed by atoms with Crippen LogP contribution in [0.5, 0.6) is 5.75 Å². The third-order valence-corrected chi connectivity index (χ3v) is 9.43. The summed E-state index contributed by atoms with van der Waals surface area (Å²) in [5, 5.41) is 9.66. The van der Waals surface area contributed by atoms with Crippen LogP contribution in [0.25, 0.3) is 32.6 Å². The molecule has 0 spiro atoms. The van der Waals surface area contributed by atoms with E-state index in [1.165, 1.54) is 11.3 Å². The first-order chi connectivity index (χ1) is 22.2. The second-order valence-corrected chi connectivity index (χ2v) is 12.7. The number of benzene rings is 3. The lowest BCUT2D eigenvalue weighted by molar-refractivity contribution is -0.118. The number of ether oxygens (including phenoxy) is 2. The van der Waals surface area contributed by atoms with Gasteiger partial charge in [0.15, 0.2) is 0 Å². The Morgan fingerprint density at radius 3 is 2.25 bits per heavy atom. The number of aromatic carboxylic acids is 1. The largest absolute Gasteiger partial charge is 0.489 e. The highest BCUT2D eigenvalue weighted by atomic mass is 35.5. The standard InChI is InChI=1S/C36H38N4O5S.2ClH/c1-37(2)22-32(41)38(3)27-12-15-29(40-16-18-44-19-17-40)26(20-27)23-45-28-13-10-25(11-14-28)34-33(24-8-6-5-7-9-24)35-30(39(34)4)21-31(46-35)36(42)43;;/h5-15,20-21H,16-19,22-23H2,1-4H3,(H,42,43);2*1H. The molecule has 3 aromatic carbocycles. The molecule has 6 rings (SSSR count). The number of likely N-dealkylation sites (N-methyl/N-ethyl adjacent to an activating group) is 2. The van der Waals surface area contributed by atoms with Gasteiger partial charge >= 0.3 is 5.97 Å². The van der Waals surface area contributed by atoms with Gasteiger partial charge in [0.25, 0.3) is 0 Å². The number of halogens is 2. The molecule has 0 unspecified atom stereocenters. The lowest BCUT2D eigenvalue weighted by atomic mass is 10.0. The van der Waals surface area contributed by atoms with Crippen molar-refractivity contribution in [3.8, 4) is 28.1 Å². The Labute approximate surface area is 297 Å². The smallest absolute Gasteiger partial charge is 0.345 e. The topological polar surface area (TPSA) is 87.5 Å². The van der Waals surface area contributed by atoms with E-state index in [2.05, 4.69) is 27.7 Å². The van der Waals surface area contributed by atoms with E-state index in [9.17, 15) is 14.7 Å². The van der Waals surface area contributed by atoms with Crippen LogP contribution in [-0.4, -0.2) is 80.4 Å². The van der Waals surface area contributed by atoms with Gasteiger partial charge in [0.05, 0.1) is 35.7 Å². The van der Waals surface area contributed by atoms with Crippen LogP contribution in [-0.2, 0) is 23.2 Å². The number of nitrogens with zero attached hydrogens (tertiary/aromatic N) is 4. The molecule has 0 atom stereocenters. The Hall–Kier alpha value is -4.06. The first kappa shape index (κ1) is 36.8. The third kappa shape index (κ3) is 7.64. The number of aromatic nitrogens is 1. The van der Waals surface area contributed by atoms with Crippen LogP contribution >= 0.6 is 36.2 Å². The molecule has 2 aromatic heterocycles. The van der Waals surface area contributed by atoms with Gasteiger partial charge in [0.1, 0.15) is 17.2 Å². The normalized spacial score (nSPS) is 12.8. The van der Waals surface area contributed by atoms with Crippen LogP contribution in [0.15, 0.2) is 78.9 Å². The molecule has 0 saturated carbocycles. The molecule has 12 heteroatoms. The Morgan fingerprint density at radius 2 is 1.60 bits per heavy atom. The molecule has 5 aromatic rings. The number of hydrogen-bond donors (Lipinski definition) is 1. The maximum atomic E-state index is 12.8. The zero-order chi connectivity index (χ0) is 32.4. The number of amides is 1. The number of anilines is 2. The van der Waals surface area contributed by atoms with Crippen molar-refractivity contribution in [1.29, 1.82) is 0 Å². The lowest BCUT2D eigenvalue weighted by Gasteiger charge is -2.31. The van der Waals surface area contributed by atoms with E-state index in [-0.39, 0.29) is 30.7 Å². The van der Waals surface area contributed by atoms with Crippen LogP contribution in [0.2, 0.25) is 0 Å². The summed E-state index contributed by atoms with van der Waals surface area (Å²) in [5.74, 6) is -0.178. The molecule has 0 radical (unpaired) electrons. The molecule has 1 saturated heterocycles. The van der Waals surface area contributed by atoms with Crippen LogP contribution in [0.3, 0.4) is 0 Å². The van der Waals surface area contributed by atoms with Crippen molar-refractivity contribution in [1.82, 2.24) is 9.47 Å². The summed E-state index contributed by atoms with van der Waals surface area (Å²) < 4.78 is 15.0. The summed E-state index contributed by atoms with van der Waals surface area (Å²) in [5.41, 5.74) is 7.86. The van der Waals surface area contributed by atoms with Gasteiger partial charge in [0, 0.05) is 49.7 Å². The quantitative estimate of drug-likeness (QED) is 0.166. The highest BCUT2D eigenvalue weighted by Crippen LogP contribution is 2.44. The van der Waals surface area contributed by atoms with Crippen LogP contribution < -0.4 is 14.5 Å². The fourth-order valence-corrected chi connectivity index (χ4v) is 7.02. The van der Waals surface area contributed by atoms with Gasteiger partial charge < -0.3 is 33.8 Å². The van der Waals surface area contributed by atoms with Crippen LogP contribution in [0.4, 0.5) is 11.4 Å². The summed E-state index contributed by atoms with van der Waals surface area (Å²) in [7, 11) is 7.55. The van der Waals surface area contributed by atoms with Crippen molar-refractivity contribution in [2.24, 2.45) is 7.05 Å². The molecule has 254 valence electrons. The van der Waals surface area contributed by atoms with E-state index in [1.54, 1.807) is 18.0 Å². The number of rotatable bonds is 10. The average Bonchev–Trinajstić information content (AvgIpc) is 3.62. The van der Waals surface area contributed by atoms with Gasteiger partial charge in [-0.2, -0.15) is 0 Å². The fraction of sp³-hybridized carbons (Fsp3) is 0.278. The molecule has 1 aliphatic heterocycles.